The van der Waals surface area contributed by atoms with Gasteiger partial charge in [0.1, 0.15) is 5.57 Å². The lowest BCUT2D eigenvalue weighted by atomic mass is 10.00. The molecular formula is C16H19NO4. The summed E-state index contributed by atoms with van der Waals surface area (Å²) in [5.41, 5.74) is 5.06. The molecule has 0 atom stereocenters. The normalized spacial score (nSPS) is 11.3. The maximum Gasteiger partial charge on any atom is 0.341 e. The molecule has 0 unspecified atom stereocenters. The van der Waals surface area contributed by atoms with Crippen molar-refractivity contribution in [1.29, 1.82) is 0 Å². The molecule has 0 fully saturated rings. The second kappa shape index (κ2) is 8.60. The number of hydrogen-bond acceptors (Lipinski definition) is 5. The molecule has 0 aromatic heterocycles. The largest absolute Gasteiger partial charge is 0.503 e. The highest BCUT2D eigenvalue weighted by molar-refractivity contribution is 6.17. The van der Waals surface area contributed by atoms with Crippen LogP contribution in [-0.2, 0) is 19.1 Å². The molecule has 21 heavy (non-hydrogen) atoms. The van der Waals surface area contributed by atoms with Gasteiger partial charge >= 0.3 is 5.97 Å². The predicted octanol–water partition coefficient (Wildman–Crippen LogP) is 2.52. The first-order valence-electron chi connectivity index (χ1n) is 6.20. The molecule has 0 saturated heterocycles. The van der Waals surface area contributed by atoms with Crippen LogP contribution in [0.25, 0.3) is 11.6 Å². The fourth-order valence-corrected chi connectivity index (χ4v) is 1.69. The van der Waals surface area contributed by atoms with Crippen LogP contribution in [0.2, 0.25) is 0 Å². The molecule has 0 aliphatic rings. The van der Waals surface area contributed by atoms with Gasteiger partial charge < -0.3 is 9.47 Å². The van der Waals surface area contributed by atoms with E-state index in [-0.39, 0.29) is 0 Å². The number of ether oxygens (including phenoxy) is 2. The van der Waals surface area contributed by atoms with E-state index in [1.54, 1.807) is 6.08 Å². The molecular weight excluding hydrogens is 270 g/mol. The Morgan fingerprint density at radius 2 is 1.95 bits per heavy atom. The number of hydrogen-bond donors (Lipinski definition) is 1. The summed E-state index contributed by atoms with van der Waals surface area (Å²) in [6.07, 6.45) is 4.92. The topological polar surface area (TPSA) is 56.8 Å². The first-order valence-corrected chi connectivity index (χ1v) is 6.20. The van der Waals surface area contributed by atoms with Crippen molar-refractivity contribution in [2.45, 2.75) is 0 Å². The minimum atomic E-state index is -0.466. The third-order valence-corrected chi connectivity index (χ3v) is 2.59. The average molecular weight is 289 g/mol. The van der Waals surface area contributed by atoms with E-state index in [1.165, 1.54) is 27.6 Å². The molecule has 0 radical (unpaired) electrons. The molecule has 1 aromatic carbocycles. The van der Waals surface area contributed by atoms with Crippen molar-refractivity contribution in [2.24, 2.45) is 0 Å². The highest BCUT2D eigenvalue weighted by atomic mass is 16.6. The van der Waals surface area contributed by atoms with Crippen LogP contribution in [-0.4, -0.2) is 27.3 Å². The molecule has 0 saturated carbocycles. The Morgan fingerprint density at radius 3 is 2.57 bits per heavy atom. The number of benzene rings is 1. The predicted molar refractivity (Wildman–Crippen MR) is 81.8 cm³/mol. The molecule has 5 nitrogen and oxygen atoms in total. The van der Waals surface area contributed by atoms with Gasteiger partial charge in [-0.05, 0) is 17.2 Å². The van der Waals surface area contributed by atoms with Crippen LogP contribution in [0.5, 0.6) is 0 Å². The number of nitrogens with one attached hydrogen (secondary N) is 1. The fourth-order valence-electron chi connectivity index (χ4n) is 1.69. The SMILES string of the molecule is C=C(C=Cc1ccccc1C(=COC)C(=O)OC)NOC. The van der Waals surface area contributed by atoms with Crippen LogP contribution >= 0.6 is 0 Å². The quantitative estimate of drug-likeness (QED) is 0.275. The van der Waals surface area contributed by atoms with Crippen LogP contribution < -0.4 is 5.48 Å². The molecule has 0 heterocycles. The zero-order valence-corrected chi connectivity index (χ0v) is 12.4. The molecule has 0 amide bonds. The Morgan fingerprint density at radius 1 is 1.24 bits per heavy atom. The van der Waals surface area contributed by atoms with E-state index in [2.05, 4.69) is 12.1 Å². The van der Waals surface area contributed by atoms with Crippen LogP contribution in [0.3, 0.4) is 0 Å². The summed E-state index contributed by atoms with van der Waals surface area (Å²) in [7, 11) is 4.31. The molecule has 112 valence electrons. The summed E-state index contributed by atoms with van der Waals surface area (Å²) >= 11 is 0. The van der Waals surface area contributed by atoms with Gasteiger partial charge in [0.05, 0.1) is 33.3 Å². The molecule has 1 rings (SSSR count). The smallest absolute Gasteiger partial charge is 0.341 e. The fraction of sp³-hybridized carbons (Fsp3) is 0.188. The van der Waals surface area contributed by atoms with E-state index in [4.69, 9.17) is 14.3 Å². The Kier molecular flexibility index (Phi) is 6.77. The lowest BCUT2D eigenvalue weighted by molar-refractivity contribution is -0.133. The first-order chi connectivity index (χ1) is 10.1. The third kappa shape index (κ3) is 4.81. The molecule has 0 aliphatic carbocycles. The number of carbonyl (C=O) groups is 1. The van der Waals surface area contributed by atoms with E-state index >= 15 is 0 Å². The number of allylic oxidation sites excluding steroid dienone is 1. The molecule has 1 aromatic rings. The second-order valence-electron chi connectivity index (χ2n) is 4.01. The lowest BCUT2D eigenvalue weighted by Crippen LogP contribution is -2.08. The van der Waals surface area contributed by atoms with Crippen molar-refractivity contribution < 1.29 is 19.1 Å². The summed E-state index contributed by atoms with van der Waals surface area (Å²) in [4.78, 5) is 16.6. The third-order valence-electron chi connectivity index (χ3n) is 2.59. The monoisotopic (exact) mass is 289 g/mol. The van der Waals surface area contributed by atoms with Crippen LogP contribution in [0.4, 0.5) is 0 Å². The Bertz CT molecular complexity index is 561. The Hall–Kier alpha value is -2.53. The summed E-state index contributed by atoms with van der Waals surface area (Å²) in [6.45, 7) is 3.77. The molecule has 1 N–H and O–H groups in total. The maximum absolute atomic E-state index is 11.9. The molecule has 0 aliphatic heterocycles. The van der Waals surface area contributed by atoms with E-state index in [1.807, 2.05) is 30.3 Å². The van der Waals surface area contributed by atoms with Crippen LogP contribution in [0.1, 0.15) is 11.1 Å². The zero-order valence-electron chi connectivity index (χ0n) is 12.4. The van der Waals surface area contributed by atoms with Gasteiger partial charge in [0.2, 0.25) is 0 Å². The van der Waals surface area contributed by atoms with Crippen molar-refractivity contribution in [3.05, 3.63) is 60.0 Å². The van der Waals surface area contributed by atoms with Crippen LogP contribution in [0, 0.1) is 0 Å². The number of rotatable bonds is 7. The van der Waals surface area contributed by atoms with Crippen molar-refractivity contribution in [3.8, 4) is 0 Å². The van der Waals surface area contributed by atoms with E-state index in [9.17, 15) is 4.79 Å². The zero-order chi connectivity index (χ0) is 15.7. The number of hydroxylamine groups is 1. The van der Waals surface area contributed by atoms with Gasteiger partial charge in [-0.25, -0.2) is 4.79 Å². The lowest BCUT2D eigenvalue weighted by Gasteiger charge is -2.09. The highest BCUT2D eigenvalue weighted by Crippen LogP contribution is 2.22. The van der Waals surface area contributed by atoms with Crippen molar-refractivity contribution in [1.82, 2.24) is 5.48 Å². The van der Waals surface area contributed by atoms with Gasteiger partial charge in [0.15, 0.2) is 0 Å². The Labute approximate surface area is 124 Å². The average Bonchev–Trinajstić information content (AvgIpc) is 2.50. The van der Waals surface area contributed by atoms with Crippen molar-refractivity contribution >= 4 is 17.6 Å². The number of carbonyl (C=O) groups excluding carboxylic acids is 1. The second-order valence-corrected chi connectivity index (χ2v) is 4.01. The Balaban J connectivity index is 3.16. The number of methoxy groups -OCH3 is 2. The van der Waals surface area contributed by atoms with E-state index in [0.29, 0.717) is 16.8 Å². The minimum Gasteiger partial charge on any atom is -0.503 e. The van der Waals surface area contributed by atoms with Gasteiger partial charge in [0.25, 0.3) is 0 Å². The summed E-state index contributed by atoms with van der Waals surface area (Å²) in [5, 5.41) is 0. The van der Waals surface area contributed by atoms with Gasteiger partial charge in [-0.3, -0.25) is 10.3 Å². The molecule has 5 heteroatoms. The minimum absolute atomic E-state index is 0.338. The highest BCUT2D eigenvalue weighted by Gasteiger charge is 2.15. The standard InChI is InChI=1S/C16H19NO4/c1-12(17-21-4)9-10-13-7-5-6-8-14(13)15(11-19-2)16(18)20-3/h5-11,17H,1H2,2-4H3. The van der Waals surface area contributed by atoms with E-state index < -0.39 is 5.97 Å². The van der Waals surface area contributed by atoms with Gasteiger partial charge in [0, 0.05) is 0 Å². The van der Waals surface area contributed by atoms with Crippen molar-refractivity contribution in [3.63, 3.8) is 0 Å². The van der Waals surface area contributed by atoms with Crippen LogP contribution in [0.15, 0.2) is 48.9 Å². The van der Waals surface area contributed by atoms with Gasteiger partial charge in [-0.15, -0.1) is 0 Å². The molecule has 0 spiro atoms. The van der Waals surface area contributed by atoms with Crippen molar-refractivity contribution in [2.75, 3.05) is 21.3 Å². The maximum atomic E-state index is 11.9. The summed E-state index contributed by atoms with van der Waals surface area (Å²) in [6, 6.07) is 7.39. The number of esters is 1. The van der Waals surface area contributed by atoms with E-state index in [0.717, 1.165) is 5.56 Å². The van der Waals surface area contributed by atoms with Gasteiger partial charge in [-0.2, -0.15) is 0 Å². The molecule has 0 bridgehead atoms. The summed E-state index contributed by atoms with van der Waals surface area (Å²) < 4.78 is 9.74. The summed E-state index contributed by atoms with van der Waals surface area (Å²) in [5.74, 6) is -0.466. The first kappa shape index (κ1) is 16.5. The van der Waals surface area contributed by atoms with Gasteiger partial charge in [-0.1, -0.05) is 36.9 Å².